The molecule has 3 aliphatic heterocycles. The van der Waals surface area contributed by atoms with E-state index in [0.29, 0.717) is 44.8 Å². The first kappa shape index (κ1) is 29.8. The van der Waals surface area contributed by atoms with E-state index in [9.17, 15) is 14.4 Å². The number of ether oxygens (including phenoxy) is 1. The largest absolute Gasteiger partial charge is 0.462 e. The smallest absolute Gasteiger partial charge is 0.318 e. The molecule has 44 heavy (non-hydrogen) atoms. The highest BCUT2D eigenvalue weighted by atomic mass is 19.1. The molecule has 1 amide bonds. The van der Waals surface area contributed by atoms with Crippen molar-refractivity contribution >= 4 is 28.2 Å². The van der Waals surface area contributed by atoms with Gasteiger partial charge in [-0.1, -0.05) is 18.7 Å². The van der Waals surface area contributed by atoms with Crippen LogP contribution in [-0.2, 0) is 17.8 Å². The van der Waals surface area contributed by atoms with Crippen LogP contribution in [0.5, 0.6) is 6.01 Å². The Morgan fingerprint density at radius 1 is 1.16 bits per heavy atom. The molecule has 3 aromatic rings. The lowest BCUT2D eigenvalue weighted by atomic mass is 10.0. The van der Waals surface area contributed by atoms with Gasteiger partial charge >= 0.3 is 6.01 Å². The lowest BCUT2D eigenvalue weighted by Gasteiger charge is -2.42. The molecule has 230 valence electrons. The molecule has 2 saturated heterocycles. The number of carbonyl (C=O) groups is 1. The monoisotopic (exact) mass is 598 g/mol. The number of pyridine rings is 1. The number of rotatable bonds is 8. The first-order chi connectivity index (χ1) is 21.3. The zero-order valence-electron chi connectivity index (χ0n) is 25.5. The Hall–Kier alpha value is -4.30. The maximum atomic E-state index is 13.5. The fraction of sp³-hybridized carbons (Fsp3) is 0.485. The van der Waals surface area contributed by atoms with Gasteiger partial charge in [-0.2, -0.15) is 15.2 Å². The molecule has 0 bridgehead atoms. The molecule has 1 aromatic carbocycles. The first-order valence-electron chi connectivity index (χ1n) is 15.4. The van der Waals surface area contributed by atoms with Gasteiger partial charge in [-0.3, -0.25) is 9.78 Å². The standard InChI is InChI=1S/C33H39FN8O2/c1-22(34)18-30(43)42-17-16-41(19-25(42)9-12-35)32-27-11-15-40(29-8-4-6-24-10-13-36-23(2)31(24)29)20-28(27)37-33(38-32)44-21-26-7-5-14-39(26)3/h4,6,8,10,13,25-26H,1,5,7,9,11,14-21H2,2-3H3/t25-,26-/m0/s1. The number of nitriles is 1. The summed E-state index contributed by atoms with van der Waals surface area (Å²) < 4.78 is 19.8. The number of nitrogens with zero attached hydrogens (tertiary/aromatic N) is 8. The molecule has 0 saturated carbocycles. The molecule has 0 N–H and O–H groups in total. The van der Waals surface area contributed by atoms with E-state index in [1.165, 1.54) is 0 Å². The van der Waals surface area contributed by atoms with E-state index in [1.807, 2.05) is 19.2 Å². The molecular formula is C33H39FN8O2. The summed E-state index contributed by atoms with van der Waals surface area (Å²) in [6.07, 6.45) is 4.58. The third-order valence-corrected chi connectivity index (χ3v) is 9.17. The second-order valence-electron chi connectivity index (χ2n) is 12.0. The lowest BCUT2D eigenvalue weighted by Crippen LogP contribution is -2.55. The molecule has 2 fully saturated rings. The second kappa shape index (κ2) is 12.7. The number of aromatic nitrogens is 3. The van der Waals surface area contributed by atoms with Gasteiger partial charge in [0.15, 0.2) is 0 Å². The molecule has 0 radical (unpaired) electrons. The molecule has 10 nitrogen and oxygen atoms in total. The van der Waals surface area contributed by atoms with Crippen molar-refractivity contribution in [1.29, 1.82) is 5.26 Å². The minimum absolute atomic E-state index is 0.147. The van der Waals surface area contributed by atoms with E-state index >= 15 is 0 Å². The van der Waals surface area contributed by atoms with Crippen molar-refractivity contribution in [3.05, 3.63) is 59.8 Å². The fourth-order valence-corrected chi connectivity index (χ4v) is 6.85. The second-order valence-corrected chi connectivity index (χ2v) is 12.0. The number of fused-ring (bicyclic) bond motifs is 2. The van der Waals surface area contributed by atoms with Crippen molar-refractivity contribution < 1.29 is 13.9 Å². The van der Waals surface area contributed by atoms with Crippen LogP contribution in [0.2, 0.25) is 0 Å². The number of likely N-dealkylation sites (N-methyl/N-ethyl adjacent to an activating group) is 1. The van der Waals surface area contributed by atoms with E-state index < -0.39 is 5.83 Å². The Morgan fingerprint density at radius 2 is 2.02 bits per heavy atom. The van der Waals surface area contributed by atoms with Crippen molar-refractivity contribution in [2.24, 2.45) is 0 Å². The molecular weight excluding hydrogens is 559 g/mol. The summed E-state index contributed by atoms with van der Waals surface area (Å²) in [6, 6.07) is 10.9. The number of hydrogen-bond donors (Lipinski definition) is 0. The molecule has 3 aliphatic rings. The third kappa shape index (κ3) is 6.04. The summed E-state index contributed by atoms with van der Waals surface area (Å²) in [7, 11) is 2.12. The van der Waals surface area contributed by atoms with E-state index in [2.05, 4.69) is 57.6 Å². The van der Waals surface area contributed by atoms with Crippen molar-refractivity contribution in [3.8, 4) is 12.1 Å². The SMILES string of the molecule is C=C(F)CC(=O)N1CCN(c2nc(OC[C@@H]3CCCN3C)nc3c2CCN(c2cccc4ccnc(C)c24)C3)C[C@@H]1CC#N. The van der Waals surface area contributed by atoms with Crippen LogP contribution < -0.4 is 14.5 Å². The zero-order chi connectivity index (χ0) is 30.8. The van der Waals surface area contributed by atoms with Gasteiger partial charge in [-0.25, -0.2) is 4.39 Å². The highest BCUT2D eigenvalue weighted by molar-refractivity contribution is 5.96. The Balaban J connectivity index is 1.32. The number of hydrogen-bond acceptors (Lipinski definition) is 9. The quantitative estimate of drug-likeness (QED) is 0.378. The van der Waals surface area contributed by atoms with Crippen molar-refractivity contribution in [2.45, 2.75) is 57.7 Å². The highest BCUT2D eigenvalue weighted by Gasteiger charge is 2.34. The van der Waals surface area contributed by atoms with Crippen molar-refractivity contribution in [3.63, 3.8) is 0 Å². The predicted octanol–water partition coefficient (Wildman–Crippen LogP) is 4.17. The number of likely N-dealkylation sites (tertiary alicyclic amines) is 1. The number of anilines is 2. The van der Waals surface area contributed by atoms with Gasteiger partial charge in [0.05, 0.1) is 37.2 Å². The van der Waals surface area contributed by atoms with Crippen molar-refractivity contribution in [2.75, 3.05) is 56.2 Å². The maximum absolute atomic E-state index is 13.5. The third-order valence-electron chi connectivity index (χ3n) is 9.17. The van der Waals surface area contributed by atoms with Crippen LogP contribution in [0.25, 0.3) is 10.8 Å². The van der Waals surface area contributed by atoms with Gasteiger partial charge in [0.1, 0.15) is 18.3 Å². The number of carbonyl (C=O) groups excluding carboxylic acids is 1. The summed E-state index contributed by atoms with van der Waals surface area (Å²) in [5.41, 5.74) is 4.10. The van der Waals surface area contributed by atoms with Crippen LogP contribution in [0.1, 0.15) is 42.6 Å². The molecule has 5 heterocycles. The number of piperazine rings is 1. The highest BCUT2D eigenvalue weighted by Crippen LogP contribution is 2.35. The molecule has 0 unspecified atom stereocenters. The lowest BCUT2D eigenvalue weighted by molar-refractivity contribution is -0.133. The Morgan fingerprint density at radius 3 is 2.80 bits per heavy atom. The molecule has 0 aliphatic carbocycles. The van der Waals surface area contributed by atoms with Gasteiger partial charge in [-0.05, 0) is 57.3 Å². The van der Waals surface area contributed by atoms with Crippen molar-refractivity contribution in [1.82, 2.24) is 24.8 Å². The normalized spacial score (nSPS) is 20.5. The number of aryl methyl sites for hydroxylation is 1. The predicted molar refractivity (Wildman–Crippen MR) is 167 cm³/mol. The van der Waals surface area contributed by atoms with Gasteiger partial charge in [0.25, 0.3) is 0 Å². The maximum Gasteiger partial charge on any atom is 0.318 e. The van der Waals surface area contributed by atoms with Gasteiger partial charge in [-0.15, -0.1) is 0 Å². The minimum Gasteiger partial charge on any atom is -0.462 e. The Bertz CT molecular complexity index is 1600. The van der Waals surface area contributed by atoms with Gasteiger partial charge < -0.3 is 24.3 Å². The zero-order valence-corrected chi connectivity index (χ0v) is 25.5. The first-order valence-corrected chi connectivity index (χ1v) is 15.4. The molecule has 6 rings (SSSR count). The van der Waals surface area contributed by atoms with Gasteiger partial charge in [0.2, 0.25) is 5.91 Å². The van der Waals surface area contributed by atoms with E-state index in [1.54, 1.807) is 4.90 Å². The average Bonchev–Trinajstić information content (AvgIpc) is 3.43. The number of halogens is 1. The molecule has 2 aromatic heterocycles. The Kier molecular flexibility index (Phi) is 8.62. The summed E-state index contributed by atoms with van der Waals surface area (Å²) in [5.74, 6) is -0.220. The molecule has 0 spiro atoms. The van der Waals surface area contributed by atoms with Crippen LogP contribution in [0, 0.1) is 18.3 Å². The molecule has 11 heteroatoms. The van der Waals surface area contributed by atoms with Crippen LogP contribution in [0.4, 0.5) is 15.9 Å². The average molecular weight is 599 g/mol. The van der Waals surface area contributed by atoms with Crippen LogP contribution in [0.15, 0.2) is 42.9 Å². The van der Waals surface area contributed by atoms with E-state index in [-0.39, 0.29) is 24.8 Å². The van der Waals surface area contributed by atoms with E-state index in [4.69, 9.17) is 14.7 Å². The molecule has 2 atom stereocenters. The fourth-order valence-electron chi connectivity index (χ4n) is 6.85. The van der Waals surface area contributed by atoms with E-state index in [0.717, 1.165) is 71.6 Å². The summed E-state index contributed by atoms with van der Waals surface area (Å²) in [4.78, 5) is 35.7. The summed E-state index contributed by atoms with van der Waals surface area (Å²) in [5, 5.41) is 11.9. The summed E-state index contributed by atoms with van der Waals surface area (Å²) >= 11 is 0. The number of amides is 1. The van der Waals surface area contributed by atoms with Gasteiger partial charge in [0, 0.05) is 60.7 Å². The van der Waals surface area contributed by atoms with Crippen LogP contribution >= 0.6 is 0 Å². The summed E-state index contributed by atoms with van der Waals surface area (Å²) in [6.45, 7) is 9.54. The topological polar surface area (TPSA) is 102 Å². The number of benzene rings is 1. The minimum atomic E-state index is -0.672. The Labute approximate surface area is 257 Å². The van der Waals surface area contributed by atoms with Crippen LogP contribution in [-0.4, -0.2) is 89.1 Å². The van der Waals surface area contributed by atoms with Crippen LogP contribution in [0.3, 0.4) is 0 Å².